The van der Waals surface area contributed by atoms with Crippen LogP contribution in [0.4, 0.5) is 21.9 Å². The van der Waals surface area contributed by atoms with Crippen LogP contribution in [-0.2, 0) is 4.74 Å². The Kier molecular flexibility index (Phi) is 15.6. The fourth-order valence-corrected chi connectivity index (χ4v) is 3.64. The van der Waals surface area contributed by atoms with Gasteiger partial charge < -0.3 is 16.2 Å². The highest BCUT2D eigenvalue weighted by molar-refractivity contribution is 5.89. The summed E-state index contributed by atoms with van der Waals surface area (Å²) in [7, 11) is 0. The zero-order valence-electron chi connectivity index (χ0n) is 19.2. The molecule has 0 unspecified atom stereocenters. The lowest BCUT2D eigenvalue weighted by molar-refractivity contribution is 0.159. The van der Waals surface area contributed by atoms with E-state index in [1.165, 1.54) is 89.9 Å². The van der Waals surface area contributed by atoms with Gasteiger partial charge in [0.15, 0.2) is 0 Å². The van der Waals surface area contributed by atoms with Crippen LogP contribution < -0.4 is 16.8 Å². The van der Waals surface area contributed by atoms with Crippen LogP contribution >= 0.6 is 0 Å². The van der Waals surface area contributed by atoms with Gasteiger partial charge in [-0.05, 0) is 24.6 Å². The zero-order chi connectivity index (χ0) is 21.9. The predicted octanol–water partition coefficient (Wildman–Crippen LogP) is 7.66. The Bertz CT molecular complexity index is 563. The van der Waals surface area contributed by atoms with Crippen molar-refractivity contribution >= 4 is 23.2 Å². The summed E-state index contributed by atoms with van der Waals surface area (Å²) >= 11 is 0. The maximum absolute atomic E-state index is 11.8. The number of benzene rings is 1. The standard InChI is InChI=1S/C25H45N3O2/c1-2-3-4-5-6-7-8-9-10-11-12-13-14-15-16-17-20-30-25(29)28-24-21-22(26)18-19-23(24)27/h18-19,21H,2-17,20,26-27H2,1H3,(H,28,29). The molecule has 0 saturated heterocycles. The molecular formula is C25H45N3O2. The monoisotopic (exact) mass is 419 g/mol. The van der Waals surface area contributed by atoms with E-state index in [9.17, 15) is 4.79 Å². The van der Waals surface area contributed by atoms with Crippen LogP contribution in [0, 0.1) is 0 Å². The van der Waals surface area contributed by atoms with Gasteiger partial charge in [-0.15, -0.1) is 0 Å². The fourth-order valence-electron chi connectivity index (χ4n) is 3.64. The van der Waals surface area contributed by atoms with E-state index in [4.69, 9.17) is 16.2 Å². The molecule has 1 amide bonds. The Labute approximate surface area is 184 Å². The molecule has 5 N–H and O–H groups in total. The van der Waals surface area contributed by atoms with E-state index >= 15 is 0 Å². The number of ether oxygens (including phenoxy) is 1. The molecule has 1 aromatic rings. The molecule has 0 bridgehead atoms. The van der Waals surface area contributed by atoms with Crippen molar-refractivity contribution in [3.63, 3.8) is 0 Å². The molecule has 5 heteroatoms. The van der Waals surface area contributed by atoms with Crippen molar-refractivity contribution in [1.29, 1.82) is 0 Å². The summed E-state index contributed by atoms with van der Waals surface area (Å²) in [6.45, 7) is 2.71. The van der Waals surface area contributed by atoms with Gasteiger partial charge in [-0.25, -0.2) is 4.79 Å². The number of unbranched alkanes of at least 4 members (excludes halogenated alkanes) is 15. The lowest BCUT2D eigenvalue weighted by Gasteiger charge is -2.09. The van der Waals surface area contributed by atoms with Crippen molar-refractivity contribution in [2.75, 3.05) is 23.4 Å². The molecule has 0 aliphatic heterocycles. The first-order chi connectivity index (χ1) is 14.6. The van der Waals surface area contributed by atoms with E-state index in [0.717, 1.165) is 12.8 Å². The minimum absolute atomic E-state index is 0.437. The number of nitrogen functional groups attached to an aromatic ring is 2. The second-order valence-electron chi connectivity index (χ2n) is 8.41. The molecule has 0 aliphatic rings. The van der Waals surface area contributed by atoms with E-state index < -0.39 is 6.09 Å². The quantitative estimate of drug-likeness (QED) is 0.168. The molecule has 0 heterocycles. The third-order valence-corrected chi connectivity index (χ3v) is 5.55. The Balaban J connectivity index is 1.83. The normalized spacial score (nSPS) is 10.8. The summed E-state index contributed by atoms with van der Waals surface area (Å²) in [6, 6.07) is 4.99. The first kappa shape index (κ1) is 26.1. The number of carbonyl (C=O) groups excluding carboxylic acids is 1. The number of rotatable bonds is 18. The van der Waals surface area contributed by atoms with Crippen molar-refractivity contribution in [3.05, 3.63) is 18.2 Å². The SMILES string of the molecule is CCCCCCCCCCCCCCCCCCOC(=O)Nc1cc(N)ccc1N. The number of amides is 1. The molecule has 0 radical (unpaired) electrons. The van der Waals surface area contributed by atoms with Crippen LogP contribution in [0.1, 0.15) is 110 Å². The topological polar surface area (TPSA) is 90.4 Å². The average molecular weight is 420 g/mol. The van der Waals surface area contributed by atoms with Gasteiger partial charge >= 0.3 is 6.09 Å². The molecule has 30 heavy (non-hydrogen) atoms. The van der Waals surface area contributed by atoms with Crippen molar-refractivity contribution in [3.8, 4) is 0 Å². The summed E-state index contributed by atoms with van der Waals surface area (Å²) < 4.78 is 5.21. The Morgan fingerprint density at radius 2 is 1.23 bits per heavy atom. The van der Waals surface area contributed by atoms with Crippen LogP contribution in [0.15, 0.2) is 18.2 Å². The highest BCUT2D eigenvalue weighted by Gasteiger charge is 2.06. The molecule has 0 aliphatic carbocycles. The van der Waals surface area contributed by atoms with E-state index in [-0.39, 0.29) is 0 Å². The molecule has 5 nitrogen and oxygen atoms in total. The average Bonchev–Trinajstić information content (AvgIpc) is 2.73. The minimum Gasteiger partial charge on any atom is -0.449 e. The third kappa shape index (κ3) is 14.1. The lowest BCUT2D eigenvalue weighted by Crippen LogP contribution is -2.15. The van der Waals surface area contributed by atoms with Crippen molar-refractivity contribution in [2.24, 2.45) is 0 Å². The van der Waals surface area contributed by atoms with Gasteiger partial charge in [-0.2, -0.15) is 0 Å². The van der Waals surface area contributed by atoms with E-state index in [0.29, 0.717) is 23.7 Å². The van der Waals surface area contributed by atoms with Crippen molar-refractivity contribution < 1.29 is 9.53 Å². The van der Waals surface area contributed by atoms with Crippen LogP contribution in [0.25, 0.3) is 0 Å². The largest absolute Gasteiger partial charge is 0.449 e. The van der Waals surface area contributed by atoms with Gasteiger partial charge in [0.1, 0.15) is 0 Å². The van der Waals surface area contributed by atoms with Crippen LogP contribution in [0.3, 0.4) is 0 Å². The van der Waals surface area contributed by atoms with Gasteiger partial charge in [0.05, 0.1) is 18.0 Å². The Hall–Kier alpha value is -1.91. The maximum atomic E-state index is 11.8. The van der Waals surface area contributed by atoms with Gasteiger partial charge in [0.25, 0.3) is 0 Å². The number of carbonyl (C=O) groups is 1. The molecule has 0 saturated carbocycles. The van der Waals surface area contributed by atoms with Crippen LogP contribution in [0.2, 0.25) is 0 Å². The van der Waals surface area contributed by atoms with E-state index in [1.54, 1.807) is 18.2 Å². The predicted molar refractivity (Wildman–Crippen MR) is 130 cm³/mol. The maximum Gasteiger partial charge on any atom is 0.411 e. The second kappa shape index (κ2) is 17.9. The first-order valence-electron chi connectivity index (χ1n) is 12.2. The molecular weight excluding hydrogens is 374 g/mol. The third-order valence-electron chi connectivity index (χ3n) is 5.55. The number of nitrogens with two attached hydrogens (primary N) is 2. The molecule has 0 spiro atoms. The Morgan fingerprint density at radius 3 is 1.73 bits per heavy atom. The highest BCUT2D eigenvalue weighted by atomic mass is 16.5. The summed E-state index contributed by atoms with van der Waals surface area (Å²) in [5.41, 5.74) is 13.0. The summed E-state index contributed by atoms with van der Waals surface area (Å²) in [6.07, 6.45) is 20.8. The number of hydrogen-bond donors (Lipinski definition) is 3. The number of anilines is 3. The minimum atomic E-state index is -0.478. The van der Waals surface area contributed by atoms with Gasteiger partial charge in [0.2, 0.25) is 0 Å². The molecule has 0 aromatic heterocycles. The highest BCUT2D eigenvalue weighted by Crippen LogP contribution is 2.21. The molecule has 172 valence electrons. The summed E-state index contributed by atoms with van der Waals surface area (Å²) in [5, 5.41) is 2.64. The fraction of sp³-hybridized carbons (Fsp3) is 0.720. The van der Waals surface area contributed by atoms with E-state index in [2.05, 4.69) is 12.2 Å². The van der Waals surface area contributed by atoms with Crippen molar-refractivity contribution in [1.82, 2.24) is 0 Å². The van der Waals surface area contributed by atoms with Gasteiger partial charge in [0, 0.05) is 5.69 Å². The molecule has 0 atom stereocenters. The van der Waals surface area contributed by atoms with Gasteiger partial charge in [-0.1, -0.05) is 103 Å². The molecule has 1 rings (SSSR count). The summed E-state index contributed by atoms with van der Waals surface area (Å²) in [4.78, 5) is 11.8. The first-order valence-corrected chi connectivity index (χ1v) is 12.2. The molecule has 1 aromatic carbocycles. The zero-order valence-corrected chi connectivity index (χ0v) is 19.2. The number of nitrogens with one attached hydrogen (secondary N) is 1. The lowest BCUT2D eigenvalue weighted by atomic mass is 10.0. The van der Waals surface area contributed by atoms with Crippen molar-refractivity contribution in [2.45, 2.75) is 110 Å². The van der Waals surface area contributed by atoms with Gasteiger partial charge in [-0.3, -0.25) is 5.32 Å². The van der Waals surface area contributed by atoms with Crippen LogP contribution in [0.5, 0.6) is 0 Å². The second-order valence-corrected chi connectivity index (χ2v) is 8.41. The smallest absolute Gasteiger partial charge is 0.411 e. The molecule has 0 fully saturated rings. The Morgan fingerprint density at radius 1 is 0.767 bits per heavy atom. The van der Waals surface area contributed by atoms with E-state index in [1.807, 2.05) is 0 Å². The number of hydrogen-bond acceptors (Lipinski definition) is 4. The van der Waals surface area contributed by atoms with Crippen LogP contribution in [-0.4, -0.2) is 12.7 Å². The summed E-state index contributed by atoms with van der Waals surface area (Å²) in [5.74, 6) is 0.